The SMILES string of the molecule is CC1=C(C(=O)OCc2ccccc2)[C@H](c2ccc(-c3ccccc3)cc2)NC(=O)N1CCCCCC(=O)O. The molecule has 38 heavy (non-hydrogen) atoms. The number of carbonyl (C=O) groups is 3. The maximum absolute atomic E-state index is 13.4. The first-order chi connectivity index (χ1) is 18.4. The summed E-state index contributed by atoms with van der Waals surface area (Å²) in [5, 5.41) is 11.9. The molecular weight excluding hydrogens is 480 g/mol. The lowest BCUT2D eigenvalue weighted by molar-refractivity contribution is -0.141. The molecule has 1 atom stereocenters. The fraction of sp³-hybridized carbons (Fsp3) is 0.258. The van der Waals surface area contributed by atoms with Gasteiger partial charge in [0.1, 0.15) is 6.61 Å². The quantitative estimate of drug-likeness (QED) is 0.240. The largest absolute Gasteiger partial charge is 0.481 e. The number of urea groups is 1. The average Bonchev–Trinajstić information content (AvgIpc) is 2.94. The maximum atomic E-state index is 13.4. The highest BCUT2D eigenvalue weighted by Gasteiger charge is 2.36. The van der Waals surface area contributed by atoms with Gasteiger partial charge in [-0.3, -0.25) is 9.69 Å². The summed E-state index contributed by atoms with van der Waals surface area (Å²) in [4.78, 5) is 38.9. The summed E-state index contributed by atoms with van der Waals surface area (Å²) in [6, 6.07) is 26.3. The maximum Gasteiger partial charge on any atom is 0.338 e. The number of hydrogen-bond acceptors (Lipinski definition) is 4. The highest BCUT2D eigenvalue weighted by Crippen LogP contribution is 2.33. The zero-order valence-corrected chi connectivity index (χ0v) is 21.4. The van der Waals surface area contributed by atoms with E-state index in [1.54, 1.807) is 11.8 Å². The van der Waals surface area contributed by atoms with Crippen LogP contribution in [0.25, 0.3) is 11.1 Å². The van der Waals surface area contributed by atoms with Gasteiger partial charge in [0.15, 0.2) is 0 Å². The Balaban J connectivity index is 1.58. The number of carboxylic acids is 1. The zero-order chi connectivity index (χ0) is 26.9. The second-order valence-electron chi connectivity index (χ2n) is 9.29. The lowest BCUT2D eigenvalue weighted by Crippen LogP contribution is -2.48. The van der Waals surface area contributed by atoms with Crippen molar-refractivity contribution in [2.75, 3.05) is 6.54 Å². The van der Waals surface area contributed by atoms with Crippen LogP contribution in [0.4, 0.5) is 4.79 Å². The van der Waals surface area contributed by atoms with Gasteiger partial charge in [0, 0.05) is 18.7 Å². The number of unbranched alkanes of at least 4 members (excludes halogenated alkanes) is 2. The van der Waals surface area contributed by atoms with Gasteiger partial charge in [-0.15, -0.1) is 0 Å². The summed E-state index contributed by atoms with van der Waals surface area (Å²) in [5.74, 6) is -1.32. The van der Waals surface area contributed by atoms with Gasteiger partial charge >= 0.3 is 18.0 Å². The molecule has 2 amide bonds. The molecule has 196 valence electrons. The first-order valence-electron chi connectivity index (χ1n) is 12.8. The number of ether oxygens (including phenoxy) is 1. The van der Waals surface area contributed by atoms with Crippen molar-refractivity contribution in [2.24, 2.45) is 0 Å². The van der Waals surface area contributed by atoms with E-state index in [0.29, 0.717) is 37.1 Å². The summed E-state index contributed by atoms with van der Waals surface area (Å²) in [7, 11) is 0. The van der Waals surface area contributed by atoms with Gasteiger partial charge < -0.3 is 15.2 Å². The van der Waals surface area contributed by atoms with Gasteiger partial charge in [-0.1, -0.05) is 91.3 Å². The van der Waals surface area contributed by atoms with Crippen molar-refractivity contribution in [2.45, 2.75) is 45.3 Å². The molecule has 4 rings (SSSR count). The van der Waals surface area contributed by atoms with E-state index < -0.39 is 18.0 Å². The molecule has 0 fully saturated rings. The molecule has 1 heterocycles. The third-order valence-corrected chi connectivity index (χ3v) is 6.65. The molecule has 0 unspecified atom stereocenters. The third kappa shape index (κ3) is 6.68. The van der Waals surface area contributed by atoms with Crippen molar-refractivity contribution < 1.29 is 24.2 Å². The zero-order valence-electron chi connectivity index (χ0n) is 21.4. The fourth-order valence-electron chi connectivity index (χ4n) is 4.59. The topological polar surface area (TPSA) is 95.9 Å². The van der Waals surface area contributed by atoms with Crippen molar-refractivity contribution in [3.05, 3.63) is 107 Å². The minimum absolute atomic E-state index is 0.0964. The van der Waals surface area contributed by atoms with Gasteiger partial charge in [0.2, 0.25) is 0 Å². The van der Waals surface area contributed by atoms with Gasteiger partial charge in [0.05, 0.1) is 11.6 Å². The minimum atomic E-state index is -0.832. The number of rotatable bonds is 11. The van der Waals surface area contributed by atoms with Crippen LogP contribution < -0.4 is 5.32 Å². The lowest BCUT2D eigenvalue weighted by Gasteiger charge is -2.35. The molecule has 0 saturated carbocycles. The number of allylic oxidation sites excluding steroid dienone is 1. The van der Waals surface area contributed by atoms with E-state index in [9.17, 15) is 14.4 Å². The van der Waals surface area contributed by atoms with E-state index in [2.05, 4.69) is 5.32 Å². The minimum Gasteiger partial charge on any atom is -0.481 e. The Labute approximate surface area is 222 Å². The molecule has 2 N–H and O–H groups in total. The van der Waals surface area contributed by atoms with E-state index in [-0.39, 0.29) is 19.1 Å². The first kappa shape index (κ1) is 26.7. The predicted molar refractivity (Wildman–Crippen MR) is 145 cm³/mol. The van der Waals surface area contributed by atoms with Crippen LogP contribution in [0.15, 0.2) is 96.2 Å². The Kier molecular flexibility index (Phi) is 8.93. The molecule has 1 aliphatic heterocycles. The van der Waals surface area contributed by atoms with E-state index in [1.165, 1.54) is 0 Å². The Morgan fingerprint density at radius 2 is 1.50 bits per heavy atom. The summed E-state index contributed by atoms with van der Waals surface area (Å²) in [6.45, 7) is 2.27. The molecule has 3 aromatic carbocycles. The van der Waals surface area contributed by atoms with E-state index in [1.807, 2.05) is 84.9 Å². The van der Waals surface area contributed by atoms with Crippen molar-refractivity contribution in [3.8, 4) is 11.1 Å². The van der Waals surface area contributed by atoms with Crippen molar-refractivity contribution in [1.29, 1.82) is 0 Å². The standard InChI is InChI=1S/C31H32N2O5/c1-22-28(30(36)38-21-23-11-5-2-6-12-23)29(32-31(37)33(22)20-10-4-9-15-27(34)35)26-18-16-25(17-19-26)24-13-7-3-8-14-24/h2-3,5-8,11-14,16-19,29H,4,9-10,15,20-21H2,1H3,(H,32,37)(H,34,35)/t29-/m0/s1. The molecular formula is C31H32N2O5. The molecule has 3 aromatic rings. The van der Waals surface area contributed by atoms with Crippen molar-refractivity contribution >= 4 is 18.0 Å². The molecule has 0 saturated heterocycles. The van der Waals surface area contributed by atoms with Crippen molar-refractivity contribution in [3.63, 3.8) is 0 Å². The second-order valence-corrected chi connectivity index (χ2v) is 9.29. The molecule has 0 spiro atoms. The first-order valence-corrected chi connectivity index (χ1v) is 12.8. The molecule has 7 heteroatoms. The Hall–Kier alpha value is -4.39. The summed E-state index contributed by atoms with van der Waals surface area (Å²) in [5.41, 5.74) is 4.70. The van der Waals surface area contributed by atoms with Crippen LogP contribution in [0.3, 0.4) is 0 Å². The predicted octanol–water partition coefficient (Wildman–Crippen LogP) is 6.08. The molecule has 0 radical (unpaired) electrons. The second kappa shape index (κ2) is 12.7. The number of nitrogens with zero attached hydrogens (tertiary/aromatic N) is 1. The van der Waals surface area contributed by atoms with Gasteiger partial charge in [0.25, 0.3) is 0 Å². The molecule has 7 nitrogen and oxygen atoms in total. The van der Waals surface area contributed by atoms with Crippen LogP contribution in [0, 0.1) is 0 Å². The number of amides is 2. The van der Waals surface area contributed by atoms with Crippen LogP contribution in [-0.2, 0) is 20.9 Å². The lowest BCUT2D eigenvalue weighted by atomic mass is 9.93. The van der Waals surface area contributed by atoms with Gasteiger partial charge in [-0.05, 0) is 42.0 Å². The van der Waals surface area contributed by atoms with Crippen LogP contribution >= 0.6 is 0 Å². The highest BCUT2D eigenvalue weighted by molar-refractivity contribution is 5.95. The van der Waals surface area contributed by atoms with Crippen LogP contribution in [0.1, 0.15) is 49.8 Å². The summed E-state index contributed by atoms with van der Waals surface area (Å²) >= 11 is 0. The monoisotopic (exact) mass is 512 g/mol. The summed E-state index contributed by atoms with van der Waals surface area (Å²) < 4.78 is 5.70. The van der Waals surface area contributed by atoms with Crippen LogP contribution in [0.5, 0.6) is 0 Å². The Morgan fingerprint density at radius 3 is 2.16 bits per heavy atom. The van der Waals surface area contributed by atoms with Gasteiger partial charge in [-0.2, -0.15) is 0 Å². The molecule has 0 aliphatic carbocycles. The average molecular weight is 513 g/mol. The van der Waals surface area contributed by atoms with Crippen LogP contribution in [-0.4, -0.2) is 34.5 Å². The number of hydrogen-bond donors (Lipinski definition) is 2. The Bertz CT molecular complexity index is 1290. The molecule has 0 aromatic heterocycles. The van der Waals surface area contributed by atoms with E-state index in [0.717, 1.165) is 22.3 Å². The van der Waals surface area contributed by atoms with Gasteiger partial charge in [-0.25, -0.2) is 9.59 Å². The summed E-state index contributed by atoms with van der Waals surface area (Å²) in [6.07, 6.45) is 1.93. The highest BCUT2D eigenvalue weighted by atomic mass is 16.5. The van der Waals surface area contributed by atoms with Crippen molar-refractivity contribution in [1.82, 2.24) is 10.2 Å². The number of esters is 1. The van der Waals surface area contributed by atoms with E-state index >= 15 is 0 Å². The normalized spacial score (nSPS) is 15.2. The Morgan fingerprint density at radius 1 is 0.868 bits per heavy atom. The van der Waals surface area contributed by atoms with Crippen LogP contribution in [0.2, 0.25) is 0 Å². The molecule has 0 bridgehead atoms. The number of aliphatic carboxylic acids is 1. The number of carbonyl (C=O) groups excluding carboxylic acids is 2. The number of nitrogens with one attached hydrogen (secondary N) is 1. The fourth-order valence-corrected chi connectivity index (χ4v) is 4.59. The van der Waals surface area contributed by atoms with E-state index in [4.69, 9.17) is 9.84 Å². The number of carboxylic acid groups (broad SMARTS) is 1. The third-order valence-electron chi connectivity index (χ3n) is 6.65. The molecule has 1 aliphatic rings. The smallest absolute Gasteiger partial charge is 0.338 e. The number of benzene rings is 3.